The Morgan fingerprint density at radius 3 is 2.75 bits per heavy atom. The van der Waals surface area contributed by atoms with Gasteiger partial charge in [-0.3, -0.25) is 4.79 Å². The monoisotopic (exact) mass is 579 g/mol. The van der Waals surface area contributed by atoms with Crippen LogP contribution in [0, 0.1) is 11.6 Å². The molecule has 4 rings (SSSR count). The van der Waals surface area contributed by atoms with Gasteiger partial charge in [-0.1, -0.05) is 12.1 Å². The maximum absolute atomic E-state index is 15.6. The van der Waals surface area contributed by atoms with Gasteiger partial charge in [0.2, 0.25) is 0 Å². The second-order valence-electron chi connectivity index (χ2n) is 7.25. The number of nitrogens with zero attached hydrogens (tertiary/aromatic N) is 4. The number of alkyl halides is 1. The number of halogens is 4. The topological polar surface area (TPSA) is 87.0 Å². The van der Waals surface area contributed by atoms with Crippen LogP contribution in [0.25, 0.3) is 5.52 Å². The number of carbonyl (C=O) groups excluding carboxylic acids is 1. The van der Waals surface area contributed by atoms with Crippen molar-refractivity contribution in [2.75, 3.05) is 18.5 Å². The van der Waals surface area contributed by atoms with Crippen LogP contribution in [0.1, 0.15) is 28.4 Å². The Morgan fingerprint density at radius 2 is 2.06 bits per heavy atom. The minimum absolute atomic E-state index is 0.00433. The first kappa shape index (κ1) is 22.8. The van der Waals surface area contributed by atoms with Crippen molar-refractivity contribution >= 4 is 50.2 Å². The SMILES string of the molecule is CN(I)S(=O)(=O)NC(=O)c1cnn2ccc(N3C[C@@H](F)CC3c3cccc(F)c3)c(F)c12. The van der Waals surface area contributed by atoms with Crippen LogP contribution in [0.5, 0.6) is 0 Å². The summed E-state index contributed by atoms with van der Waals surface area (Å²) in [6.07, 6.45) is 1.21. The highest BCUT2D eigenvalue weighted by molar-refractivity contribution is 14.1. The predicted molar refractivity (Wildman–Crippen MR) is 119 cm³/mol. The van der Waals surface area contributed by atoms with Gasteiger partial charge >= 0.3 is 10.2 Å². The maximum Gasteiger partial charge on any atom is 0.312 e. The van der Waals surface area contributed by atoms with Crippen LogP contribution in [0.2, 0.25) is 0 Å². The van der Waals surface area contributed by atoms with Crippen LogP contribution < -0.4 is 9.62 Å². The number of hydrogen-bond donors (Lipinski definition) is 1. The van der Waals surface area contributed by atoms with E-state index in [1.165, 1.54) is 65.3 Å². The predicted octanol–water partition coefficient (Wildman–Crippen LogP) is 3.16. The van der Waals surface area contributed by atoms with Gasteiger partial charge < -0.3 is 4.90 Å². The highest BCUT2D eigenvalue weighted by atomic mass is 127. The lowest BCUT2D eigenvalue weighted by Gasteiger charge is -2.27. The van der Waals surface area contributed by atoms with Crippen molar-refractivity contribution < 1.29 is 26.4 Å². The van der Waals surface area contributed by atoms with Gasteiger partial charge in [0.15, 0.2) is 5.82 Å². The third-order valence-corrected chi connectivity index (χ3v) is 7.85. The van der Waals surface area contributed by atoms with E-state index in [-0.39, 0.29) is 29.7 Å². The summed E-state index contributed by atoms with van der Waals surface area (Å²) in [6.45, 7) is -0.127. The second-order valence-corrected chi connectivity index (χ2v) is 11.1. The van der Waals surface area contributed by atoms with Crippen LogP contribution in [0.15, 0.2) is 42.7 Å². The molecule has 1 aliphatic rings. The smallest absolute Gasteiger partial charge is 0.312 e. The van der Waals surface area contributed by atoms with Crippen molar-refractivity contribution in [1.82, 2.24) is 16.9 Å². The largest absolute Gasteiger partial charge is 0.359 e. The lowest BCUT2D eigenvalue weighted by molar-refractivity contribution is 0.0982. The third-order valence-electron chi connectivity index (χ3n) is 5.19. The van der Waals surface area contributed by atoms with Gasteiger partial charge in [-0.2, -0.15) is 13.5 Å². The molecule has 3 heterocycles. The number of fused-ring (bicyclic) bond motifs is 1. The van der Waals surface area contributed by atoms with E-state index < -0.39 is 40.0 Å². The van der Waals surface area contributed by atoms with Gasteiger partial charge in [0.1, 0.15) is 17.5 Å². The lowest BCUT2D eigenvalue weighted by atomic mass is 10.0. The van der Waals surface area contributed by atoms with E-state index in [9.17, 15) is 22.0 Å². The molecule has 1 fully saturated rings. The summed E-state index contributed by atoms with van der Waals surface area (Å²) >= 11 is 1.47. The number of aromatic nitrogens is 2. The molecule has 1 aromatic carbocycles. The molecular weight excluding hydrogens is 562 g/mol. The zero-order valence-corrected chi connectivity index (χ0v) is 19.5. The lowest BCUT2D eigenvalue weighted by Crippen LogP contribution is -2.37. The Morgan fingerprint density at radius 1 is 1.31 bits per heavy atom. The first-order valence-corrected chi connectivity index (χ1v) is 11.8. The van der Waals surface area contributed by atoms with Gasteiger partial charge in [-0.05, 0) is 23.8 Å². The number of nitrogens with one attached hydrogen (secondary N) is 1. The summed E-state index contributed by atoms with van der Waals surface area (Å²) in [6, 6.07) is 6.44. The van der Waals surface area contributed by atoms with Crippen LogP contribution in [-0.2, 0) is 10.2 Å². The number of rotatable bonds is 5. The molecular formula is C19H17F3IN5O3S. The summed E-state index contributed by atoms with van der Waals surface area (Å²) < 4.78 is 71.3. The minimum atomic E-state index is -4.12. The summed E-state index contributed by atoms with van der Waals surface area (Å²) in [4.78, 5) is 14.0. The Labute approximate surface area is 195 Å². The molecule has 170 valence electrons. The van der Waals surface area contributed by atoms with Crippen molar-refractivity contribution in [3.63, 3.8) is 0 Å². The molecule has 2 atom stereocenters. The maximum atomic E-state index is 15.6. The first-order chi connectivity index (χ1) is 15.1. The van der Waals surface area contributed by atoms with Crippen LogP contribution >= 0.6 is 22.9 Å². The van der Waals surface area contributed by atoms with Gasteiger partial charge in [-0.15, -0.1) is 2.52 Å². The molecule has 0 spiro atoms. The molecule has 1 amide bonds. The van der Waals surface area contributed by atoms with Crippen molar-refractivity contribution in [2.45, 2.75) is 18.6 Å². The summed E-state index contributed by atoms with van der Waals surface area (Å²) in [5.74, 6) is -2.42. The summed E-state index contributed by atoms with van der Waals surface area (Å²) in [5, 5.41) is 3.91. The van der Waals surface area contributed by atoms with Gasteiger partial charge in [-0.25, -0.2) is 22.4 Å². The van der Waals surface area contributed by atoms with Crippen LogP contribution in [0.4, 0.5) is 18.9 Å². The molecule has 2 aromatic heterocycles. The average molecular weight is 579 g/mol. The summed E-state index contributed by atoms with van der Waals surface area (Å²) in [5.41, 5.74) is -0.0708. The van der Waals surface area contributed by atoms with E-state index in [1.54, 1.807) is 6.07 Å². The number of hydrogen-bond acceptors (Lipinski definition) is 5. The molecule has 0 bridgehead atoms. The Hall–Kier alpha value is -2.39. The van der Waals surface area contributed by atoms with E-state index in [2.05, 4.69) is 5.10 Å². The molecule has 8 nitrogen and oxygen atoms in total. The Kier molecular flexibility index (Phi) is 6.06. The second kappa shape index (κ2) is 8.51. The summed E-state index contributed by atoms with van der Waals surface area (Å²) in [7, 11) is -2.90. The fourth-order valence-electron chi connectivity index (χ4n) is 3.73. The molecule has 1 saturated heterocycles. The highest BCUT2D eigenvalue weighted by Crippen LogP contribution is 2.39. The number of amides is 1. The van der Waals surface area contributed by atoms with E-state index in [1.807, 2.05) is 4.72 Å². The average Bonchev–Trinajstić information content (AvgIpc) is 3.32. The van der Waals surface area contributed by atoms with E-state index in [0.29, 0.717) is 5.56 Å². The first-order valence-electron chi connectivity index (χ1n) is 9.37. The molecule has 0 saturated carbocycles. The zero-order valence-electron chi connectivity index (χ0n) is 16.5. The van der Waals surface area contributed by atoms with Crippen molar-refractivity contribution in [1.29, 1.82) is 0 Å². The number of anilines is 1. The van der Waals surface area contributed by atoms with Crippen LogP contribution in [0.3, 0.4) is 0 Å². The standard InChI is InChI=1S/C19H17F3IN5O3S/c1-26(23)32(30,31)25-19(29)14-9-24-28-6-5-15(17(22)18(14)28)27-10-13(21)8-16(27)11-3-2-4-12(20)7-11/h2-7,9,13,16H,8,10H2,1H3,(H,25,29)/t13-,16?/m0/s1. The van der Waals surface area contributed by atoms with Crippen LogP contribution in [-0.4, -0.2) is 46.2 Å². The van der Waals surface area contributed by atoms with E-state index in [4.69, 9.17) is 0 Å². The fraction of sp³-hybridized carbons (Fsp3) is 0.263. The Balaban J connectivity index is 1.76. The van der Waals surface area contributed by atoms with E-state index >= 15 is 4.39 Å². The molecule has 13 heteroatoms. The fourth-order valence-corrected chi connectivity index (χ4v) is 4.50. The zero-order chi connectivity index (χ0) is 23.2. The number of pyridine rings is 1. The van der Waals surface area contributed by atoms with Crippen molar-refractivity contribution in [2.24, 2.45) is 0 Å². The van der Waals surface area contributed by atoms with Crippen molar-refractivity contribution in [3.8, 4) is 0 Å². The van der Waals surface area contributed by atoms with E-state index in [0.717, 1.165) is 13.2 Å². The Bertz CT molecular complexity index is 1300. The van der Waals surface area contributed by atoms with Gasteiger partial charge in [0.05, 0.1) is 23.5 Å². The normalized spacial score (nSPS) is 19.1. The molecule has 1 N–H and O–H groups in total. The number of benzene rings is 1. The molecule has 0 radical (unpaired) electrons. The number of carbonyl (C=O) groups is 1. The molecule has 1 aliphatic heterocycles. The molecule has 1 unspecified atom stereocenters. The molecule has 32 heavy (non-hydrogen) atoms. The third kappa shape index (κ3) is 4.15. The van der Waals surface area contributed by atoms with Gasteiger partial charge in [0.25, 0.3) is 5.91 Å². The molecule has 3 aromatic rings. The minimum Gasteiger partial charge on any atom is -0.359 e. The quantitative estimate of drug-likeness (QED) is 0.371. The molecule has 0 aliphatic carbocycles. The highest BCUT2D eigenvalue weighted by Gasteiger charge is 2.36. The van der Waals surface area contributed by atoms with Gasteiger partial charge in [0, 0.05) is 49.1 Å². The van der Waals surface area contributed by atoms with Crippen molar-refractivity contribution in [3.05, 3.63) is 65.5 Å².